The topological polar surface area (TPSA) is 60.5 Å². The van der Waals surface area contributed by atoms with E-state index in [1.54, 1.807) is 18.3 Å². The van der Waals surface area contributed by atoms with Crippen molar-refractivity contribution >= 4 is 11.6 Å². The van der Waals surface area contributed by atoms with E-state index in [1.165, 1.54) is 20.0 Å². The summed E-state index contributed by atoms with van der Waals surface area (Å²) in [7, 11) is 1.53. The van der Waals surface area contributed by atoms with Crippen molar-refractivity contribution in [1.82, 2.24) is 4.98 Å². The van der Waals surface area contributed by atoms with Crippen molar-refractivity contribution in [2.45, 2.75) is 38.7 Å². The average Bonchev–Trinajstić information content (AvgIpc) is 2.47. The van der Waals surface area contributed by atoms with E-state index in [1.807, 2.05) is 0 Å². The first-order valence-electron chi connectivity index (χ1n) is 7.09. The molecule has 20 heavy (non-hydrogen) atoms. The summed E-state index contributed by atoms with van der Waals surface area (Å²) >= 11 is 0. The molecule has 1 aromatic rings. The zero-order valence-corrected chi connectivity index (χ0v) is 12.1. The molecule has 5 nitrogen and oxygen atoms in total. The fourth-order valence-electron chi connectivity index (χ4n) is 2.42. The van der Waals surface area contributed by atoms with E-state index in [0.29, 0.717) is 11.6 Å². The third-order valence-electron chi connectivity index (χ3n) is 3.65. The minimum absolute atomic E-state index is 0.0805. The number of carbonyl (C=O) groups is 1. The molecule has 0 aliphatic heterocycles. The lowest BCUT2D eigenvalue weighted by atomic mass is 9.89. The maximum Gasteiger partial charge on any atom is 0.250 e. The van der Waals surface area contributed by atoms with E-state index in [4.69, 9.17) is 9.47 Å². The summed E-state index contributed by atoms with van der Waals surface area (Å²) in [6.07, 6.45) is 6.29. The van der Waals surface area contributed by atoms with Crippen LogP contribution in [0.3, 0.4) is 0 Å². The van der Waals surface area contributed by atoms with Crippen molar-refractivity contribution < 1.29 is 14.3 Å². The first-order valence-corrected chi connectivity index (χ1v) is 7.09. The molecule has 5 heteroatoms. The van der Waals surface area contributed by atoms with Crippen LogP contribution in [0.2, 0.25) is 0 Å². The van der Waals surface area contributed by atoms with Crippen molar-refractivity contribution in [2.24, 2.45) is 5.92 Å². The zero-order chi connectivity index (χ0) is 14.4. The van der Waals surface area contributed by atoms with E-state index < -0.39 is 0 Å². The van der Waals surface area contributed by atoms with Gasteiger partial charge in [0.1, 0.15) is 12.3 Å². The van der Waals surface area contributed by atoms with Crippen LogP contribution in [-0.4, -0.2) is 30.7 Å². The van der Waals surface area contributed by atoms with Gasteiger partial charge >= 0.3 is 0 Å². The summed E-state index contributed by atoms with van der Waals surface area (Å²) in [5.74, 6) is 1.02. The van der Waals surface area contributed by atoms with Gasteiger partial charge in [-0.1, -0.05) is 6.92 Å². The molecule has 1 amide bonds. The Morgan fingerprint density at radius 1 is 1.40 bits per heavy atom. The highest BCUT2D eigenvalue weighted by atomic mass is 16.5. The van der Waals surface area contributed by atoms with Gasteiger partial charge in [0.15, 0.2) is 0 Å². The predicted molar refractivity (Wildman–Crippen MR) is 76.8 cm³/mol. The second kappa shape index (κ2) is 7.24. The summed E-state index contributed by atoms with van der Waals surface area (Å²) in [6, 6.07) is 3.51. The molecular weight excluding hydrogens is 256 g/mol. The van der Waals surface area contributed by atoms with Gasteiger partial charge in [-0.3, -0.25) is 4.79 Å². The summed E-state index contributed by atoms with van der Waals surface area (Å²) in [4.78, 5) is 15.9. The van der Waals surface area contributed by atoms with E-state index in [0.717, 1.165) is 18.8 Å². The number of aromatic nitrogens is 1. The molecule has 2 rings (SSSR count). The number of amides is 1. The normalized spacial score (nSPS) is 22.3. The fraction of sp³-hybridized carbons (Fsp3) is 0.600. The first kappa shape index (κ1) is 14.8. The third kappa shape index (κ3) is 4.20. The minimum Gasteiger partial charge on any atom is -0.480 e. The van der Waals surface area contributed by atoms with E-state index in [9.17, 15) is 4.79 Å². The van der Waals surface area contributed by atoms with Gasteiger partial charge < -0.3 is 14.8 Å². The molecule has 110 valence electrons. The summed E-state index contributed by atoms with van der Waals surface area (Å²) in [5.41, 5.74) is 0.570. The smallest absolute Gasteiger partial charge is 0.250 e. The maximum atomic E-state index is 11.9. The number of nitrogens with one attached hydrogen (secondary N) is 1. The van der Waals surface area contributed by atoms with Crippen LogP contribution in [0.25, 0.3) is 0 Å². The molecule has 1 aliphatic carbocycles. The van der Waals surface area contributed by atoms with Crippen LogP contribution in [0.4, 0.5) is 5.69 Å². The van der Waals surface area contributed by atoms with Gasteiger partial charge in [-0.05, 0) is 43.7 Å². The highest BCUT2D eigenvalue weighted by Gasteiger charge is 2.19. The Balaban J connectivity index is 1.78. The van der Waals surface area contributed by atoms with Crippen LogP contribution in [0.1, 0.15) is 32.6 Å². The Kier molecular flexibility index (Phi) is 5.35. The van der Waals surface area contributed by atoms with Crippen LogP contribution < -0.4 is 10.1 Å². The molecule has 0 atom stereocenters. The molecule has 1 aliphatic rings. The SMILES string of the molecule is COc1ncccc1NC(=O)COC1CCC(C)CC1. The number of anilines is 1. The second-order valence-corrected chi connectivity index (χ2v) is 5.30. The van der Waals surface area contributed by atoms with Crippen molar-refractivity contribution in [3.8, 4) is 5.88 Å². The van der Waals surface area contributed by atoms with E-state index >= 15 is 0 Å². The molecular formula is C15H22N2O3. The maximum absolute atomic E-state index is 11.9. The number of ether oxygens (including phenoxy) is 2. The minimum atomic E-state index is -0.171. The van der Waals surface area contributed by atoms with Crippen LogP contribution in [0, 0.1) is 5.92 Å². The van der Waals surface area contributed by atoms with Crippen LogP contribution in [-0.2, 0) is 9.53 Å². The van der Waals surface area contributed by atoms with E-state index in [-0.39, 0.29) is 18.6 Å². The Morgan fingerprint density at radius 3 is 2.85 bits per heavy atom. The lowest BCUT2D eigenvalue weighted by Crippen LogP contribution is -2.26. The quantitative estimate of drug-likeness (QED) is 0.899. The van der Waals surface area contributed by atoms with Gasteiger partial charge in [0.05, 0.1) is 13.2 Å². The number of methoxy groups -OCH3 is 1. The highest BCUT2D eigenvalue weighted by molar-refractivity contribution is 5.92. The molecule has 1 N–H and O–H groups in total. The summed E-state index contributed by atoms with van der Waals surface area (Å²) in [5, 5.41) is 2.76. The van der Waals surface area contributed by atoms with Crippen LogP contribution in [0.15, 0.2) is 18.3 Å². The Labute approximate surface area is 119 Å². The molecule has 1 saturated carbocycles. The van der Waals surface area contributed by atoms with Crippen molar-refractivity contribution in [3.05, 3.63) is 18.3 Å². The largest absolute Gasteiger partial charge is 0.480 e. The molecule has 0 radical (unpaired) electrons. The average molecular weight is 278 g/mol. The highest BCUT2D eigenvalue weighted by Crippen LogP contribution is 2.25. The fourth-order valence-corrected chi connectivity index (χ4v) is 2.42. The number of carbonyl (C=O) groups excluding carboxylic acids is 1. The first-order chi connectivity index (χ1) is 9.69. The van der Waals surface area contributed by atoms with Gasteiger partial charge in [0.2, 0.25) is 5.88 Å². The molecule has 1 heterocycles. The second-order valence-electron chi connectivity index (χ2n) is 5.30. The number of pyridine rings is 1. The lowest BCUT2D eigenvalue weighted by Gasteiger charge is -2.26. The van der Waals surface area contributed by atoms with Crippen LogP contribution >= 0.6 is 0 Å². The van der Waals surface area contributed by atoms with Crippen molar-refractivity contribution in [1.29, 1.82) is 0 Å². The molecule has 1 aromatic heterocycles. The Bertz CT molecular complexity index is 442. The van der Waals surface area contributed by atoms with Crippen LogP contribution in [0.5, 0.6) is 5.88 Å². The van der Waals surface area contributed by atoms with Gasteiger partial charge in [-0.2, -0.15) is 0 Å². The van der Waals surface area contributed by atoms with Crippen molar-refractivity contribution in [3.63, 3.8) is 0 Å². The zero-order valence-electron chi connectivity index (χ0n) is 12.1. The Morgan fingerprint density at radius 2 is 2.15 bits per heavy atom. The lowest BCUT2D eigenvalue weighted by molar-refractivity contribution is -0.123. The number of hydrogen-bond donors (Lipinski definition) is 1. The molecule has 0 bridgehead atoms. The monoisotopic (exact) mass is 278 g/mol. The summed E-state index contributed by atoms with van der Waals surface area (Å²) in [6.45, 7) is 2.34. The number of nitrogens with zero attached hydrogens (tertiary/aromatic N) is 1. The standard InChI is InChI=1S/C15H22N2O3/c1-11-5-7-12(8-6-11)20-10-14(18)17-13-4-3-9-16-15(13)19-2/h3-4,9,11-12H,5-8,10H2,1-2H3,(H,17,18). The molecule has 0 saturated heterocycles. The van der Waals surface area contributed by atoms with Gasteiger partial charge in [-0.25, -0.2) is 4.98 Å². The Hall–Kier alpha value is -1.62. The molecule has 0 unspecified atom stereocenters. The van der Waals surface area contributed by atoms with Crippen molar-refractivity contribution in [2.75, 3.05) is 19.0 Å². The molecule has 1 fully saturated rings. The summed E-state index contributed by atoms with van der Waals surface area (Å²) < 4.78 is 10.8. The number of rotatable bonds is 5. The molecule has 0 spiro atoms. The van der Waals surface area contributed by atoms with Gasteiger partial charge in [0.25, 0.3) is 5.91 Å². The van der Waals surface area contributed by atoms with Gasteiger partial charge in [0, 0.05) is 6.20 Å². The predicted octanol–water partition coefficient (Wildman–Crippen LogP) is 2.62. The van der Waals surface area contributed by atoms with Gasteiger partial charge in [-0.15, -0.1) is 0 Å². The third-order valence-corrected chi connectivity index (χ3v) is 3.65. The number of hydrogen-bond acceptors (Lipinski definition) is 4. The van der Waals surface area contributed by atoms with E-state index in [2.05, 4.69) is 17.2 Å². The molecule has 0 aromatic carbocycles.